The van der Waals surface area contributed by atoms with Gasteiger partial charge in [0.2, 0.25) is 24.1 Å². The Labute approximate surface area is 304 Å². The molecule has 2 unspecified atom stereocenters. The van der Waals surface area contributed by atoms with Crippen LogP contribution in [0.25, 0.3) is 0 Å². The smallest absolute Gasteiger partial charge is 0.335 e. The molecule has 0 aromatic heterocycles. The fourth-order valence-electron chi connectivity index (χ4n) is 6.74. The first-order valence-electron chi connectivity index (χ1n) is 17.6. The highest BCUT2D eigenvalue weighted by atomic mass is 19.3. The molecule has 1 heterocycles. The van der Waals surface area contributed by atoms with Crippen molar-refractivity contribution < 1.29 is 47.4 Å². The number of hydrogen-bond donors (Lipinski definition) is 5. The highest BCUT2D eigenvalue weighted by Gasteiger charge is 2.70. The second-order valence-electron chi connectivity index (χ2n) is 16.8. The zero-order valence-electron chi connectivity index (χ0n) is 31.8. The van der Waals surface area contributed by atoms with Crippen molar-refractivity contribution >= 4 is 35.7 Å². The normalized spacial score (nSPS) is 21.0. The molecule has 2 aliphatic rings. The number of esters is 1. The lowest BCUT2D eigenvalue weighted by atomic mass is 9.85. The van der Waals surface area contributed by atoms with E-state index in [-0.39, 0.29) is 48.2 Å². The number of benzene rings is 1. The minimum Gasteiger partial charge on any atom is -0.478 e. The maximum atomic E-state index is 14.3. The lowest BCUT2D eigenvalue weighted by Gasteiger charge is -2.38. The number of halogens is 2. The summed E-state index contributed by atoms with van der Waals surface area (Å²) in [7, 11) is 0. The number of carboxylic acids is 1. The molecule has 1 aliphatic heterocycles. The first kappa shape index (κ1) is 42.1. The lowest BCUT2D eigenvalue weighted by molar-refractivity contribution is -0.158. The molecule has 5 N–H and O–H groups in total. The van der Waals surface area contributed by atoms with Crippen molar-refractivity contribution in [2.24, 2.45) is 28.6 Å². The van der Waals surface area contributed by atoms with E-state index in [1.54, 1.807) is 67.5 Å². The summed E-state index contributed by atoms with van der Waals surface area (Å²) in [5.41, 5.74) is -1.18. The van der Waals surface area contributed by atoms with Crippen LogP contribution in [0.4, 0.5) is 13.6 Å². The molecule has 290 valence electrons. The summed E-state index contributed by atoms with van der Waals surface area (Å²) in [6.07, 6.45) is -3.59. The number of carbonyl (C=O) groups excluding carboxylic acids is 5. The molecule has 1 saturated carbocycles. The Balaban J connectivity index is 1.77. The van der Waals surface area contributed by atoms with Crippen molar-refractivity contribution in [2.75, 3.05) is 13.1 Å². The highest BCUT2D eigenvalue weighted by Crippen LogP contribution is 2.65. The molecular weight excluding hydrogens is 680 g/mol. The number of aromatic carboxylic acids is 1. The van der Waals surface area contributed by atoms with Crippen LogP contribution in [0.1, 0.15) is 91.6 Å². The average Bonchev–Trinajstić information content (AvgIpc) is 3.31. The quantitative estimate of drug-likeness (QED) is 0.179. The Morgan fingerprint density at radius 3 is 2.06 bits per heavy atom. The van der Waals surface area contributed by atoms with Crippen molar-refractivity contribution in [3.63, 3.8) is 0 Å². The summed E-state index contributed by atoms with van der Waals surface area (Å²) >= 11 is 0. The van der Waals surface area contributed by atoms with E-state index in [1.165, 1.54) is 17.0 Å². The SMILES string of the molecule is CC(C)[C@H](NC(=O)N[C@H](C(=O)N1CC2C([C@H]1C(=O)N[C@@H](CC(F)F)C(=O)NCCc1ccc(C(=O)O)cc1)C2(C)C)C(C)(C)C)C(=O)OC(C)(C)C. The van der Waals surface area contributed by atoms with Gasteiger partial charge < -0.3 is 36.0 Å². The molecule has 1 aromatic rings. The summed E-state index contributed by atoms with van der Waals surface area (Å²) in [4.78, 5) is 80.0. The lowest BCUT2D eigenvalue weighted by Crippen LogP contribution is -2.62. The van der Waals surface area contributed by atoms with Gasteiger partial charge in [0.05, 0.1) is 5.56 Å². The number of rotatable bonds is 14. The molecule has 52 heavy (non-hydrogen) atoms. The van der Waals surface area contributed by atoms with Gasteiger partial charge in [-0.2, -0.15) is 0 Å². The third-order valence-electron chi connectivity index (χ3n) is 9.72. The van der Waals surface area contributed by atoms with Crippen LogP contribution in [0.15, 0.2) is 24.3 Å². The summed E-state index contributed by atoms with van der Waals surface area (Å²) in [5, 5.41) is 19.5. The zero-order valence-corrected chi connectivity index (χ0v) is 31.8. The van der Waals surface area contributed by atoms with E-state index in [0.717, 1.165) is 0 Å². The van der Waals surface area contributed by atoms with E-state index in [2.05, 4.69) is 21.3 Å². The van der Waals surface area contributed by atoms with Crippen molar-refractivity contribution in [1.82, 2.24) is 26.2 Å². The number of ether oxygens (including phenoxy) is 1. The fourth-order valence-corrected chi connectivity index (χ4v) is 6.74. The van der Waals surface area contributed by atoms with Crippen LogP contribution in [-0.4, -0.2) is 95.0 Å². The molecule has 1 aromatic carbocycles. The minimum atomic E-state index is -2.92. The second kappa shape index (κ2) is 16.2. The van der Waals surface area contributed by atoms with Gasteiger partial charge in [-0.3, -0.25) is 14.4 Å². The molecule has 5 amide bonds. The van der Waals surface area contributed by atoms with Gasteiger partial charge in [0.25, 0.3) is 0 Å². The largest absolute Gasteiger partial charge is 0.478 e. The Hall–Kier alpha value is -4.30. The number of amides is 5. The fraction of sp³-hybridized carbons (Fsp3) is 0.676. The van der Waals surface area contributed by atoms with E-state index in [1.807, 2.05) is 13.8 Å². The van der Waals surface area contributed by atoms with Gasteiger partial charge in [-0.25, -0.2) is 23.2 Å². The van der Waals surface area contributed by atoms with Crippen molar-refractivity contribution in [3.05, 3.63) is 35.4 Å². The Kier molecular flexibility index (Phi) is 13.1. The summed E-state index contributed by atoms with van der Waals surface area (Å²) in [6.45, 7) is 18.0. The first-order valence-corrected chi connectivity index (χ1v) is 17.6. The van der Waals surface area contributed by atoms with Crippen LogP contribution < -0.4 is 21.3 Å². The van der Waals surface area contributed by atoms with E-state index in [9.17, 15) is 37.5 Å². The number of urea groups is 1. The number of piperidine rings is 1. The van der Waals surface area contributed by atoms with E-state index in [0.29, 0.717) is 5.56 Å². The molecule has 6 atom stereocenters. The maximum Gasteiger partial charge on any atom is 0.335 e. The third-order valence-corrected chi connectivity index (χ3v) is 9.72. The van der Waals surface area contributed by atoms with Crippen LogP contribution in [0, 0.1) is 28.6 Å². The highest BCUT2D eigenvalue weighted by molar-refractivity contribution is 5.96. The molecule has 2 fully saturated rings. The summed E-state index contributed by atoms with van der Waals surface area (Å²) in [6, 6.07) is 0.370. The molecule has 15 heteroatoms. The van der Waals surface area contributed by atoms with Gasteiger partial charge >= 0.3 is 18.0 Å². The monoisotopic (exact) mass is 735 g/mol. The molecular formula is C37H55F2N5O8. The van der Waals surface area contributed by atoms with Crippen molar-refractivity contribution in [3.8, 4) is 0 Å². The number of nitrogens with one attached hydrogen (secondary N) is 4. The van der Waals surface area contributed by atoms with Crippen LogP contribution in [0.2, 0.25) is 0 Å². The van der Waals surface area contributed by atoms with Gasteiger partial charge in [0.1, 0.15) is 29.8 Å². The second-order valence-corrected chi connectivity index (χ2v) is 16.8. The van der Waals surface area contributed by atoms with Crippen molar-refractivity contribution in [1.29, 1.82) is 0 Å². The number of fused-ring (bicyclic) bond motifs is 1. The number of hydrogen-bond acceptors (Lipinski definition) is 7. The molecule has 1 aliphatic carbocycles. The number of carbonyl (C=O) groups is 6. The van der Waals surface area contributed by atoms with E-state index in [4.69, 9.17) is 9.84 Å². The minimum absolute atomic E-state index is 0.0409. The molecule has 13 nitrogen and oxygen atoms in total. The molecule has 0 bridgehead atoms. The van der Waals surface area contributed by atoms with Crippen LogP contribution in [-0.2, 0) is 30.3 Å². The standard InChI is InChI=1S/C37H55F2N5O8/c1-19(2)26(33(50)52-36(6,7)8)42-34(51)43-28(35(3,4)5)31(47)44-18-22-25(37(22,9)10)27(44)30(46)41-23(17-24(38)39)29(45)40-16-15-20-11-13-21(14-12-20)32(48)49/h11-14,19,22-28H,15-18H2,1-10H3,(H,40,45)(H,41,46)(H,48,49)(H2,42,43,51)/t22?,23-,25?,26-,27-,28+/m0/s1. The molecule has 1 saturated heterocycles. The van der Waals surface area contributed by atoms with Crippen LogP contribution in [0.3, 0.4) is 0 Å². The number of alkyl halides is 2. The topological polar surface area (TPSA) is 183 Å². The van der Waals surface area contributed by atoms with E-state index < -0.39 is 83.7 Å². The maximum absolute atomic E-state index is 14.3. The number of nitrogens with zero attached hydrogens (tertiary/aromatic N) is 1. The molecule has 3 rings (SSSR count). The summed E-state index contributed by atoms with van der Waals surface area (Å²) < 4.78 is 32.8. The first-order chi connectivity index (χ1) is 23.8. The Morgan fingerprint density at radius 1 is 0.962 bits per heavy atom. The van der Waals surface area contributed by atoms with Gasteiger partial charge in [-0.15, -0.1) is 0 Å². The zero-order chi connectivity index (χ0) is 39.5. The van der Waals surface area contributed by atoms with E-state index >= 15 is 0 Å². The van der Waals surface area contributed by atoms with Crippen LogP contribution in [0.5, 0.6) is 0 Å². The van der Waals surface area contributed by atoms with Gasteiger partial charge in [-0.05, 0) is 73.5 Å². The average molecular weight is 736 g/mol. The number of carboxylic acid groups (broad SMARTS) is 1. The number of likely N-dealkylation sites (tertiary alicyclic amines) is 1. The molecule has 0 spiro atoms. The predicted octanol–water partition coefficient (Wildman–Crippen LogP) is 3.75. The Morgan fingerprint density at radius 2 is 1.56 bits per heavy atom. The third kappa shape index (κ3) is 10.6. The predicted molar refractivity (Wildman–Crippen MR) is 188 cm³/mol. The van der Waals surface area contributed by atoms with Gasteiger partial charge in [0, 0.05) is 19.5 Å². The van der Waals surface area contributed by atoms with Gasteiger partial charge in [0.15, 0.2) is 0 Å². The molecule has 0 radical (unpaired) electrons. The Bertz CT molecular complexity index is 1500. The van der Waals surface area contributed by atoms with Crippen molar-refractivity contribution in [2.45, 2.75) is 118 Å². The van der Waals surface area contributed by atoms with Crippen LogP contribution >= 0.6 is 0 Å². The van der Waals surface area contributed by atoms with Gasteiger partial charge in [-0.1, -0.05) is 60.6 Å². The summed E-state index contributed by atoms with van der Waals surface area (Å²) in [5.74, 6) is -4.58.